The first-order chi connectivity index (χ1) is 16.0. The Morgan fingerprint density at radius 1 is 0.848 bits per heavy atom. The highest BCUT2D eigenvalue weighted by atomic mass is 19.1. The number of morpholine rings is 1. The molecule has 0 aliphatic carbocycles. The number of nitrogens with one attached hydrogen (secondary N) is 1. The zero-order chi connectivity index (χ0) is 23.2. The van der Waals surface area contributed by atoms with Crippen LogP contribution in [0.4, 0.5) is 13.6 Å². The second-order valence-electron chi connectivity index (χ2n) is 8.55. The number of amides is 2. The van der Waals surface area contributed by atoms with E-state index in [-0.39, 0.29) is 17.7 Å². The van der Waals surface area contributed by atoms with E-state index in [0.29, 0.717) is 19.3 Å². The molecule has 8 heteroatoms. The van der Waals surface area contributed by atoms with Crippen LogP contribution in [0.2, 0.25) is 0 Å². The third-order valence-corrected chi connectivity index (χ3v) is 6.53. The van der Waals surface area contributed by atoms with E-state index in [1.54, 1.807) is 24.3 Å². The van der Waals surface area contributed by atoms with Crippen molar-refractivity contribution in [1.29, 1.82) is 0 Å². The second kappa shape index (κ2) is 11.0. The molecule has 2 aromatic rings. The fraction of sp³-hybridized carbons (Fsp3) is 0.480. The molecule has 0 saturated carbocycles. The third-order valence-electron chi connectivity index (χ3n) is 6.53. The Bertz CT molecular complexity index is 850. The third kappa shape index (κ3) is 5.88. The van der Waals surface area contributed by atoms with E-state index in [1.165, 1.54) is 24.3 Å². The highest BCUT2D eigenvalue weighted by Crippen LogP contribution is 2.24. The number of nitrogens with zero attached hydrogens (tertiary/aromatic N) is 3. The maximum absolute atomic E-state index is 13.5. The number of hydrogen-bond acceptors (Lipinski definition) is 4. The molecule has 2 aliphatic heterocycles. The van der Waals surface area contributed by atoms with Crippen molar-refractivity contribution in [2.24, 2.45) is 0 Å². The maximum atomic E-state index is 13.5. The first-order valence-corrected chi connectivity index (χ1v) is 11.7. The monoisotopic (exact) mass is 458 g/mol. The molecule has 0 aromatic heterocycles. The fourth-order valence-electron chi connectivity index (χ4n) is 4.73. The highest BCUT2D eigenvalue weighted by Gasteiger charge is 2.30. The van der Waals surface area contributed by atoms with E-state index >= 15 is 0 Å². The van der Waals surface area contributed by atoms with Crippen LogP contribution in [0.3, 0.4) is 0 Å². The molecular formula is C25H32F2N4O2. The molecule has 1 atom stereocenters. The minimum absolute atomic E-state index is 0.173. The van der Waals surface area contributed by atoms with Gasteiger partial charge in [-0.15, -0.1) is 0 Å². The number of urea groups is 1. The molecule has 2 aromatic carbocycles. The van der Waals surface area contributed by atoms with Gasteiger partial charge in [0.1, 0.15) is 11.6 Å². The molecule has 1 N–H and O–H groups in total. The Morgan fingerprint density at radius 3 is 1.82 bits per heavy atom. The lowest BCUT2D eigenvalue weighted by molar-refractivity contribution is -0.0446. The largest absolute Gasteiger partial charge is 0.379 e. The van der Waals surface area contributed by atoms with Crippen molar-refractivity contribution in [3.8, 4) is 0 Å². The molecular weight excluding hydrogens is 426 g/mol. The van der Waals surface area contributed by atoms with Gasteiger partial charge < -0.3 is 15.0 Å². The van der Waals surface area contributed by atoms with Crippen molar-refractivity contribution in [2.75, 3.05) is 52.5 Å². The molecule has 2 saturated heterocycles. The minimum Gasteiger partial charge on any atom is -0.379 e. The van der Waals surface area contributed by atoms with E-state index in [2.05, 4.69) is 22.0 Å². The molecule has 1 unspecified atom stereocenters. The summed E-state index contributed by atoms with van der Waals surface area (Å²) in [5.74, 6) is -0.686. The SMILES string of the molecule is CCC(N1CCOCC1)N1CCN(C(=O)NC(c2ccc(F)cc2)c2ccc(F)cc2)CC1. The number of carbonyl (C=O) groups is 1. The lowest BCUT2D eigenvalue weighted by Gasteiger charge is -2.44. The van der Waals surface area contributed by atoms with Crippen LogP contribution >= 0.6 is 0 Å². The molecule has 2 heterocycles. The van der Waals surface area contributed by atoms with E-state index < -0.39 is 6.04 Å². The van der Waals surface area contributed by atoms with Crippen LogP contribution in [0, 0.1) is 11.6 Å². The van der Waals surface area contributed by atoms with E-state index in [0.717, 1.165) is 56.9 Å². The Morgan fingerprint density at radius 2 is 1.33 bits per heavy atom. The quantitative estimate of drug-likeness (QED) is 0.721. The van der Waals surface area contributed by atoms with Crippen molar-refractivity contribution >= 4 is 6.03 Å². The Labute approximate surface area is 194 Å². The first-order valence-electron chi connectivity index (χ1n) is 11.7. The number of ether oxygens (including phenoxy) is 1. The second-order valence-corrected chi connectivity index (χ2v) is 8.55. The molecule has 0 bridgehead atoms. The van der Waals surface area contributed by atoms with Gasteiger partial charge in [0.25, 0.3) is 0 Å². The van der Waals surface area contributed by atoms with Crippen molar-refractivity contribution in [2.45, 2.75) is 25.6 Å². The summed E-state index contributed by atoms with van der Waals surface area (Å²) in [5.41, 5.74) is 1.49. The van der Waals surface area contributed by atoms with Crippen molar-refractivity contribution in [1.82, 2.24) is 20.0 Å². The van der Waals surface area contributed by atoms with Gasteiger partial charge in [-0.1, -0.05) is 31.2 Å². The first kappa shape index (κ1) is 23.6. The molecule has 6 nitrogen and oxygen atoms in total. The van der Waals surface area contributed by atoms with Gasteiger partial charge in [0, 0.05) is 39.3 Å². The molecule has 33 heavy (non-hydrogen) atoms. The van der Waals surface area contributed by atoms with Gasteiger partial charge >= 0.3 is 6.03 Å². The predicted octanol–water partition coefficient (Wildman–Crippen LogP) is 3.45. The van der Waals surface area contributed by atoms with E-state index in [1.807, 2.05) is 4.90 Å². The summed E-state index contributed by atoms with van der Waals surface area (Å²) in [6.07, 6.45) is 1.40. The van der Waals surface area contributed by atoms with E-state index in [4.69, 9.17) is 4.74 Å². The number of rotatable bonds is 6. The van der Waals surface area contributed by atoms with Gasteiger partial charge in [0.05, 0.1) is 25.4 Å². The topological polar surface area (TPSA) is 48.1 Å². The number of benzene rings is 2. The average Bonchev–Trinajstić information content (AvgIpc) is 2.85. The van der Waals surface area contributed by atoms with Crippen molar-refractivity contribution in [3.05, 3.63) is 71.3 Å². The summed E-state index contributed by atoms with van der Waals surface area (Å²) in [6.45, 7) is 8.50. The number of halogens is 2. The number of hydrogen-bond donors (Lipinski definition) is 1. The lowest BCUT2D eigenvalue weighted by atomic mass is 9.98. The van der Waals surface area contributed by atoms with Gasteiger partial charge in [-0.3, -0.25) is 9.80 Å². The number of carbonyl (C=O) groups excluding carboxylic acids is 1. The molecule has 4 rings (SSSR count). The summed E-state index contributed by atoms with van der Waals surface area (Å²) in [7, 11) is 0. The van der Waals surface area contributed by atoms with Gasteiger partial charge in [0.2, 0.25) is 0 Å². The van der Waals surface area contributed by atoms with Crippen LogP contribution < -0.4 is 5.32 Å². The van der Waals surface area contributed by atoms with Gasteiger partial charge in [-0.25, -0.2) is 13.6 Å². The van der Waals surface area contributed by atoms with Crippen LogP contribution in [-0.4, -0.2) is 79.4 Å². The summed E-state index contributed by atoms with van der Waals surface area (Å²) < 4.78 is 32.4. The fourth-order valence-corrected chi connectivity index (χ4v) is 4.73. The van der Waals surface area contributed by atoms with Crippen LogP contribution in [0.5, 0.6) is 0 Å². The van der Waals surface area contributed by atoms with Crippen LogP contribution in [0.25, 0.3) is 0 Å². The molecule has 2 aliphatic rings. The molecule has 2 amide bonds. The van der Waals surface area contributed by atoms with Crippen molar-refractivity contribution in [3.63, 3.8) is 0 Å². The van der Waals surface area contributed by atoms with E-state index in [9.17, 15) is 13.6 Å². The van der Waals surface area contributed by atoms with Gasteiger partial charge in [-0.2, -0.15) is 0 Å². The number of piperazine rings is 1. The highest BCUT2D eigenvalue weighted by molar-refractivity contribution is 5.75. The van der Waals surface area contributed by atoms with Gasteiger partial charge in [0.15, 0.2) is 0 Å². The predicted molar refractivity (Wildman–Crippen MR) is 123 cm³/mol. The summed E-state index contributed by atoms with van der Waals surface area (Å²) in [5, 5.41) is 3.08. The Balaban J connectivity index is 1.41. The van der Waals surface area contributed by atoms with Gasteiger partial charge in [-0.05, 0) is 41.8 Å². The summed E-state index contributed by atoms with van der Waals surface area (Å²) in [6, 6.07) is 11.4. The Hall–Kier alpha value is -2.55. The minimum atomic E-state index is -0.492. The molecule has 0 radical (unpaired) electrons. The smallest absolute Gasteiger partial charge is 0.318 e. The molecule has 2 fully saturated rings. The molecule has 0 spiro atoms. The summed E-state index contributed by atoms with van der Waals surface area (Å²) >= 11 is 0. The summed E-state index contributed by atoms with van der Waals surface area (Å²) in [4.78, 5) is 19.9. The lowest BCUT2D eigenvalue weighted by Crippen LogP contribution is -2.59. The average molecular weight is 459 g/mol. The van der Waals surface area contributed by atoms with Crippen molar-refractivity contribution < 1.29 is 18.3 Å². The zero-order valence-corrected chi connectivity index (χ0v) is 19.1. The standard InChI is InChI=1S/C25H32F2N4O2/c1-2-23(30-15-17-33-18-16-30)29-11-13-31(14-12-29)25(32)28-24(19-3-7-21(26)8-4-19)20-5-9-22(27)10-6-20/h3-10,23-24H,2,11-18H2,1H3,(H,28,32). The maximum Gasteiger partial charge on any atom is 0.318 e. The van der Waals surface area contributed by atoms with Crippen LogP contribution in [0.15, 0.2) is 48.5 Å². The zero-order valence-electron chi connectivity index (χ0n) is 19.1. The normalized spacial score (nSPS) is 19.0. The Kier molecular flexibility index (Phi) is 7.90. The van der Waals surface area contributed by atoms with Crippen LogP contribution in [0.1, 0.15) is 30.5 Å². The molecule has 178 valence electrons. The van der Waals surface area contributed by atoms with Crippen LogP contribution in [-0.2, 0) is 4.74 Å².